The number of anilines is 1. The number of aromatic nitrogens is 3. The summed E-state index contributed by atoms with van der Waals surface area (Å²) in [7, 11) is 0. The second-order valence-corrected chi connectivity index (χ2v) is 6.40. The molecule has 1 saturated heterocycles. The Morgan fingerprint density at radius 2 is 1.78 bits per heavy atom. The van der Waals surface area contributed by atoms with E-state index >= 15 is 0 Å². The Morgan fingerprint density at radius 3 is 2.48 bits per heavy atom. The molecule has 3 rings (SSSR count). The fourth-order valence-electron chi connectivity index (χ4n) is 2.91. The molecule has 2 aromatic rings. The Balaban J connectivity index is 1.60. The van der Waals surface area contributed by atoms with Crippen LogP contribution < -0.4 is 10.2 Å². The standard InChI is InChI=1S/C19H24N6O2/c1-2-3-5-21-17(26)15-12-16(14-20-13-15)18(27)24-8-10-25(11-9-24)19-22-6-4-7-23-19/h4,6-7,12-14H,2-3,5,8-11H2,1H3,(H,21,26). The van der Waals surface area contributed by atoms with Gasteiger partial charge in [-0.2, -0.15) is 0 Å². The lowest BCUT2D eigenvalue weighted by Crippen LogP contribution is -2.49. The van der Waals surface area contributed by atoms with Gasteiger partial charge in [0.05, 0.1) is 11.1 Å². The molecule has 2 amide bonds. The highest BCUT2D eigenvalue weighted by atomic mass is 16.2. The molecule has 0 aliphatic carbocycles. The van der Waals surface area contributed by atoms with Crippen molar-refractivity contribution in [2.75, 3.05) is 37.6 Å². The van der Waals surface area contributed by atoms with E-state index in [0.717, 1.165) is 12.8 Å². The summed E-state index contributed by atoms with van der Waals surface area (Å²) in [6.07, 6.45) is 8.36. The summed E-state index contributed by atoms with van der Waals surface area (Å²) in [6, 6.07) is 3.39. The van der Waals surface area contributed by atoms with E-state index in [1.165, 1.54) is 12.4 Å². The van der Waals surface area contributed by atoms with Gasteiger partial charge in [-0.05, 0) is 18.6 Å². The first-order chi connectivity index (χ1) is 13.2. The van der Waals surface area contributed by atoms with E-state index in [9.17, 15) is 9.59 Å². The van der Waals surface area contributed by atoms with Crippen molar-refractivity contribution in [2.45, 2.75) is 19.8 Å². The number of amides is 2. The fraction of sp³-hybridized carbons (Fsp3) is 0.421. The molecule has 1 aliphatic heterocycles. The largest absolute Gasteiger partial charge is 0.352 e. The highest BCUT2D eigenvalue weighted by Crippen LogP contribution is 2.13. The number of unbranched alkanes of at least 4 members (excludes halogenated alkanes) is 1. The molecule has 0 spiro atoms. The van der Waals surface area contributed by atoms with Crippen molar-refractivity contribution >= 4 is 17.8 Å². The Morgan fingerprint density at radius 1 is 1.07 bits per heavy atom. The van der Waals surface area contributed by atoms with Crippen LogP contribution >= 0.6 is 0 Å². The Bertz CT molecular complexity index is 775. The lowest BCUT2D eigenvalue weighted by atomic mass is 10.1. The molecule has 142 valence electrons. The van der Waals surface area contributed by atoms with Gasteiger partial charge in [-0.25, -0.2) is 9.97 Å². The highest BCUT2D eigenvalue weighted by Gasteiger charge is 2.24. The number of carbonyl (C=O) groups is 2. The van der Waals surface area contributed by atoms with Gasteiger partial charge in [0.25, 0.3) is 11.8 Å². The maximum atomic E-state index is 12.8. The van der Waals surface area contributed by atoms with Gasteiger partial charge in [0.2, 0.25) is 5.95 Å². The van der Waals surface area contributed by atoms with Crippen LogP contribution in [0.4, 0.5) is 5.95 Å². The van der Waals surface area contributed by atoms with Crippen molar-refractivity contribution in [3.8, 4) is 0 Å². The molecule has 1 fully saturated rings. The molecule has 0 unspecified atom stereocenters. The predicted octanol–water partition coefficient (Wildman–Crippen LogP) is 1.36. The first-order valence-corrected chi connectivity index (χ1v) is 9.23. The predicted molar refractivity (Wildman–Crippen MR) is 102 cm³/mol. The summed E-state index contributed by atoms with van der Waals surface area (Å²) in [5.41, 5.74) is 0.843. The molecule has 27 heavy (non-hydrogen) atoms. The molecule has 8 heteroatoms. The van der Waals surface area contributed by atoms with Crippen LogP contribution in [0.3, 0.4) is 0 Å². The maximum Gasteiger partial charge on any atom is 0.255 e. The van der Waals surface area contributed by atoms with Crippen LogP contribution in [0, 0.1) is 0 Å². The van der Waals surface area contributed by atoms with Crippen LogP contribution in [0.25, 0.3) is 0 Å². The van der Waals surface area contributed by atoms with E-state index in [1.807, 2.05) is 0 Å². The zero-order valence-corrected chi connectivity index (χ0v) is 15.5. The van der Waals surface area contributed by atoms with Crippen LogP contribution in [0.1, 0.15) is 40.5 Å². The number of nitrogens with zero attached hydrogens (tertiary/aromatic N) is 5. The quantitative estimate of drug-likeness (QED) is 0.774. The lowest BCUT2D eigenvalue weighted by molar-refractivity contribution is 0.0746. The summed E-state index contributed by atoms with van der Waals surface area (Å²) < 4.78 is 0. The molecular formula is C19H24N6O2. The third kappa shape index (κ3) is 4.78. The topological polar surface area (TPSA) is 91.3 Å². The second-order valence-electron chi connectivity index (χ2n) is 6.40. The van der Waals surface area contributed by atoms with Gasteiger partial charge >= 0.3 is 0 Å². The molecule has 1 aliphatic rings. The van der Waals surface area contributed by atoms with Crippen LogP contribution in [0.5, 0.6) is 0 Å². The summed E-state index contributed by atoms with van der Waals surface area (Å²) >= 11 is 0. The monoisotopic (exact) mass is 368 g/mol. The molecule has 0 aromatic carbocycles. The normalized spacial score (nSPS) is 14.1. The number of hydrogen-bond donors (Lipinski definition) is 1. The number of carbonyl (C=O) groups excluding carboxylic acids is 2. The van der Waals surface area contributed by atoms with Crippen molar-refractivity contribution in [2.24, 2.45) is 0 Å². The molecule has 3 heterocycles. The van der Waals surface area contributed by atoms with Gasteiger partial charge < -0.3 is 15.1 Å². The van der Waals surface area contributed by atoms with Crippen LogP contribution in [-0.4, -0.2) is 64.4 Å². The molecule has 8 nitrogen and oxygen atoms in total. The van der Waals surface area contributed by atoms with Crippen molar-refractivity contribution in [3.05, 3.63) is 48.0 Å². The van der Waals surface area contributed by atoms with Gasteiger partial charge in [0, 0.05) is 57.5 Å². The molecular weight excluding hydrogens is 344 g/mol. The summed E-state index contributed by atoms with van der Waals surface area (Å²) in [5.74, 6) is 0.369. The van der Waals surface area contributed by atoms with E-state index < -0.39 is 0 Å². The number of rotatable bonds is 6. The van der Waals surface area contributed by atoms with E-state index in [1.54, 1.807) is 29.4 Å². The van der Waals surface area contributed by atoms with Crippen molar-refractivity contribution in [1.82, 2.24) is 25.2 Å². The third-order valence-electron chi connectivity index (χ3n) is 4.47. The number of pyridine rings is 1. The molecule has 2 aromatic heterocycles. The number of nitrogens with one attached hydrogen (secondary N) is 1. The van der Waals surface area contributed by atoms with Crippen LogP contribution in [0.2, 0.25) is 0 Å². The minimum absolute atomic E-state index is 0.112. The molecule has 1 N–H and O–H groups in total. The third-order valence-corrected chi connectivity index (χ3v) is 4.47. The van der Waals surface area contributed by atoms with Crippen LogP contribution in [0.15, 0.2) is 36.9 Å². The first kappa shape index (κ1) is 18.8. The van der Waals surface area contributed by atoms with E-state index in [-0.39, 0.29) is 11.8 Å². The van der Waals surface area contributed by atoms with Gasteiger partial charge in [0.15, 0.2) is 0 Å². The Labute approximate surface area is 158 Å². The average molecular weight is 368 g/mol. The fourth-order valence-corrected chi connectivity index (χ4v) is 2.91. The molecule has 0 radical (unpaired) electrons. The average Bonchev–Trinajstić information content (AvgIpc) is 2.74. The van der Waals surface area contributed by atoms with Gasteiger partial charge in [-0.15, -0.1) is 0 Å². The molecule has 0 atom stereocenters. The smallest absolute Gasteiger partial charge is 0.255 e. The maximum absolute atomic E-state index is 12.8. The SMILES string of the molecule is CCCCNC(=O)c1cncc(C(=O)N2CCN(c3ncccn3)CC2)c1. The molecule has 0 saturated carbocycles. The second kappa shape index (κ2) is 9.07. The van der Waals surface area contributed by atoms with Crippen molar-refractivity contribution < 1.29 is 9.59 Å². The molecule has 0 bridgehead atoms. The minimum atomic E-state index is -0.198. The summed E-state index contributed by atoms with van der Waals surface area (Å²) in [6.45, 7) is 5.17. The Kier molecular flexibility index (Phi) is 6.30. The van der Waals surface area contributed by atoms with Gasteiger partial charge in [-0.3, -0.25) is 14.6 Å². The minimum Gasteiger partial charge on any atom is -0.352 e. The number of piperazine rings is 1. The van der Waals surface area contributed by atoms with E-state index in [4.69, 9.17) is 0 Å². The lowest BCUT2D eigenvalue weighted by Gasteiger charge is -2.34. The van der Waals surface area contributed by atoms with Crippen LogP contribution in [-0.2, 0) is 0 Å². The Hall–Kier alpha value is -3.03. The van der Waals surface area contributed by atoms with E-state index in [2.05, 4.69) is 32.1 Å². The van der Waals surface area contributed by atoms with E-state index in [0.29, 0.717) is 49.8 Å². The van der Waals surface area contributed by atoms with Crippen molar-refractivity contribution in [3.63, 3.8) is 0 Å². The summed E-state index contributed by atoms with van der Waals surface area (Å²) in [4.78, 5) is 41.4. The van der Waals surface area contributed by atoms with Crippen molar-refractivity contribution in [1.29, 1.82) is 0 Å². The summed E-state index contributed by atoms with van der Waals surface area (Å²) in [5, 5.41) is 2.85. The highest BCUT2D eigenvalue weighted by molar-refractivity contribution is 5.99. The van der Waals surface area contributed by atoms with Gasteiger partial charge in [0.1, 0.15) is 0 Å². The zero-order chi connectivity index (χ0) is 19.1. The first-order valence-electron chi connectivity index (χ1n) is 9.23. The zero-order valence-electron chi connectivity index (χ0n) is 15.5. The van der Waals surface area contributed by atoms with Gasteiger partial charge in [-0.1, -0.05) is 13.3 Å². The number of hydrogen-bond acceptors (Lipinski definition) is 6.